The molecule has 0 heteroatoms. The van der Waals surface area contributed by atoms with Crippen molar-refractivity contribution in [3.8, 4) is 0 Å². The molecule has 0 fully saturated rings. The monoisotopic (exact) mass is 967 g/mol. The van der Waals surface area contributed by atoms with Crippen LogP contribution in [-0.2, 0) is 12.8 Å². The third-order valence-corrected chi connectivity index (χ3v) is 16.6. The summed E-state index contributed by atoms with van der Waals surface area (Å²) in [5.41, 5.74) is 6.16. The Balaban J connectivity index is 1.59. The molecule has 0 aliphatic rings. The van der Waals surface area contributed by atoms with E-state index in [4.69, 9.17) is 0 Å². The van der Waals surface area contributed by atoms with E-state index in [-0.39, 0.29) is 0 Å². The Morgan fingerprint density at radius 2 is 0.443 bits per heavy atom. The summed E-state index contributed by atoms with van der Waals surface area (Å²) in [7, 11) is 0. The minimum atomic E-state index is 0.507. The molecule has 0 amide bonds. The smallest absolute Gasteiger partial charge is 0.00918 e. The summed E-state index contributed by atoms with van der Waals surface area (Å²) in [4.78, 5) is 0. The first-order valence-corrected chi connectivity index (χ1v) is 32.9. The van der Waals surface area contributed by atoms with Crippen molar-refractivity contribution in [3.05, 3.63) is 70.8 Å². The summed E-state index contributed by atoms with van der Waals surface area (Å²) in [6.07, 6.45) is 74.5. The van der Waals surface area contributed by atoms with Gasteiger partial charge in [0.05, 0.1) is 0 Å². The minimum absolute atomic E-state index is 0.507. The van der Waals surface area contributed by atoms with Gasteiger partial charge in [-0.15, -0.1) is 0 Å². The van der Waals surface area contributed by atoms with Gasteiger partial charge in [-0.25, -0.2) is 0 Å². The number of aryl methyl sites for hydroxylation is 2. The van der Waals surface area contributed by atoms with E-state index >= 15 is 0 Å². The van der Waals surface area contributed by atoms with Gasteiger partial charge in [0.15, 0.2) is 0 Å². The Hall–Kier alpha value is -1.56. The van der Waals surface area contributed by atoms with Gasteiger partial charge in [0.25, 0.3) is 0 Å². The number of hydrogen-bond donors (Lipinski definition) is 0. The van der Waals surface area contributed by atoms with Crippen LogP contribution in [0.3, 0.4) is 0 Å². The van der Waals surface area contributed by atoms with Crippen molar-refractivity contribution >= 4 is 0 Å². The normalized spacial score (nSPS) is 12.2. The highest BCUT2D eigenvalue weighted by molar-refractivity contribution is 5.36. The van der Waals surface area contributed by atoms with Crippen molar-refractivity contribution in [1.29, 1.82) is 0 Å². The second-order valence-electron chi connectivity index (χ2n) is 23.6. The molecule has 0 radical (unpaired) electrons. The molecule has 0 heterocycles. The van der Waals surface area contributed by atoms with Crippen LogP contribution in [0.2, 0.25) is 0 Å². The summed E-state index contributed by atoms with van der Waals surface area (Å²) in [6, 6.07) is 19.9. The third kappa shape index (κ3) is 39.9. The van der Waals surface area contributed by atoms with Gasteiger partial charge in [0.1, 0.15) is 0 Å². The third-order valence-electron chi connectivity index (χ3n) is 16.6. The lowest BCUT2D eigenvalue weighted by atomic mass is 9.82. The molecule has 0 aliphatic heterocycles. The molecule has 0 nitrogen and oxygen atoms in total. The number of rotatable bonds is 55. The molecule has 0 bridgehead atoms. The van der Waals surface area contributed by atoms with Crippen LogP contribution < -0.4 is 0 Å². The SMILES string of the molecule is CCCCCCCCCCCCCCCCCCCCCCCc1ccc(C(CC(C)CCCCCCCC)c2ccc(CCCCCCCCCCCCCCCCCCCCCCC)cc2)cc1. The van der Waals surface area contributed by atoms with Gasteiger partial charge in [0, 0.05) is 5.92 Å². The van der Waals surface area contributed by atoms with E-state index in [2.05, 4.69) is 76.2 Å². The molecule has 1 unspecified atom stereocenters. The molecule has 0 saturated carbocycles. The quantitative estimate of drug-likeness (QED) is 0.0580. The number of unbranched alkanes of at least 4 members (excludes halogenated alkanes) is 45. The van der Waals surface area contributed by atoms with Crippen molar-refractivity contribution in [2.75, 3.05) is 0 Å². The summed E-state index contributed by atoms with van der Waals surface area (Å²) >= 11 is 0. The maximum absolute atomic E-state index is 2.53. The zero-order valence-corrected chi connectivity index (χ0v) is 48.5. The highest BCUT2D eigenvalue weighted by Crippen LogP contribution is 2.34. The van der Waals surface area contributed by atoms with Crippen molar-refractivity contribution in [1.82, 2.24) is 0 Å². The lowest BCUT2D eigenvalue weighted by molar-refractivity contribution is 0.436. The van der Waals surface area contributed by atoms with Gasteiger partial charge < -0.3 is 0 Å². The predicted molar refractivity (Wildman–Crippen MR) is 319 cm³/mol. The van der Waals surface area contributed by atoms with Crippen LogP contribution in [0.15, 0.2) is 48.5 Å². The second kappa shape index (κ2) is 50.9. The summed E-state index contributed by atoms with van der Waals surface area (Å²) in [5, 5.41) is 0. The average Bonchev–Trinajstić information content (AvgIpc) is 3.38. The van der Waals surface area contributed by atoms with Crippen molar-refractivity contribution in [2.45, 2.75) is 367 Å². The first-order valence-electron chi connectivity index (χ1n) is 32.9. The zero-order valence-electron chi connectivity index (χ0n) is 48.5. The molecule has 0 N–H and O–H groups in total. The van der Waals surface area contributed by atoms with Crippen molar-refractivity contribution in [3.63, 3.8) is 0 Å². The first kappa shape index (κ1) is 64.6. The van der Waals surface area contributed by atoms with Gasteiger partial charge in [-0.3, -0.25) is 0 Å². The van der Waals surface area contributed by atoms with Crippen LogP contribution >= 0.6 is 0 Å². The van der Waals surface area contributed by atoms with E-state index < -0.39 is 0 Å². The van der Waals surface area contributed by atoms with Gasteiger partial charge in [0.2, 0.25) is 0 Å². The van der Waals surface area contributed by atoms with Crippen molar-refractivity contribution in [2.24, 2.45) is 5.92 Å². The van der Waals surface area contributed by atoms with Crippen LogP contribution in [0.4, 0.5) is 0 Å². The van der Waals surface area contributed by atoms with E-state index in [1.165, 1.54) is 345 Å². The van der Waals surface area contributed by atoms with Gasteiger partial charge in [-0.1, -0.05) is 378 Å². The lowest BCUT2D eigenvalue weighted by Crippen LogP contribution is -2.08. The molecule has 406 valence electrons. The first-order chi connectivity index (χ1) is 34.7. The van der Waals surface area contributed by atoms with E-state index in [1.807, 2.05) is 0 Å². The molecule has 0 aliphatic carbocycles. The molecule has 0 saturated heterocycles. The topological polar surface area (TPSA) is 0 Å². The van der Waals surface area contributed by atoms with E-state index in [1.54, 1.807) is 11.1 Å². The van der Waals surface area contributed by atoms with Crippen LogP contribution in [0.25, 0.3) is 0 Å². The number of hydrogen-bond acceptors (Lipinski definition) is 0. The summed E-state index contributed by atoms with van der Waals surface area (Å²) in [5.74, 6) is 1.27. The van der Waals surface area contributed by atoms with Crippen LogP contribution in [0.5, 0.6) is 0 Å². The molecular formula is C70H126. The molecular weight excluding hydrogens is 841 g/mol. The fraction of sp³-hybridized carbons (Fsp3) is 0.829. The Labute approximate surface area is 442 Å². The second-order valence-corrected chi connectivity index (χ2v) is 23.6. The van der Waals surface area contributed by atoms with Crippen molar-refractivity contribution < 1.29 is 0 Å². The summed E-state index contributed by atoms with van der Waals surface area (Å²) in [6.45, 7) is 9.49. The minimum Gasteiger partial charge on any atom is -0.0654 e. The molecule has 2 aromatic carbocycles. The standard InChI is InChI=1S/C70H126/c1-5-8-11-14-17-19-21-23-25-27-29-31-33-35-37-39-41-43-45-48-51-54-66-56-60-68(61-57-66)70(64-65(4)53-50-47-16-13-10-7-3)69-62-58-67(59-63-69)55-52-49-46-44-42-40-38-36-34-32-30-28-26-24-22-20-18-15-12-9-6-2/h56-63,65,70H,5-55,64H2,1-4H3. The fourth-order valence-corrected chi connectivity index (χ4v) is 11.6. The lowest BCUT2D eigenvalue weighted by Gasteiger charge is -2.23. The average molecular weight is 968 g/mol. The van der Waals surface area contributed by atoms with Crippen LogP contribution in [-0.4, -0.2) is 0 Å². The largest absolute Gasteiger partial charge is 0.0654 e. The maximum atomic E-state index is 2.53. The van der Waals surface area contributed by atoms with Gasteiger partial charge in [-0.2, -0.15) is 0 Å². The zero-order chi connectivity index (χ0) is 49.9. The Kier molecular flexibility index (Phi) is 47.0. The van der Waals surface area contributed by atoms with E-state index in [9.17, 15) is 0 Å². The highest BCUT2D eigenvalue weighted by Gasteiger charge is 2.18. The Morgan fingerprint density at radius 1 is 0.243 bits per heavy atom. The Bertz CT molecular complexity index is 1200. The van der Waals surface area contributed by atoms with Gasteiger partial charge >= 0.3 is 0 Å². The molecule has 2 rings (SSSR count). The van der Waals surface area contributed by atoms with Crippen LogP contribution in [0, 0.1) is 5.92 Å². The maximum Gasteiger partial charge on any atom is 0.00918 e. The highest BCUT2D eigenvalue weighted by atomic mass is 14.2. The van der Waals surface area contributed by atoms with Crippen LogP contribution in [0.1, 0.15) is 377 Å². The Morgan fingerprint density at radius 3 is 0.671 bits per heavy atom. The molecule has 0 aromatic heterocycles. The van der Waals surface area contributed by atoms with Gasteiger partial charge in [-0.05, 0) is 60.3 Å². The van der Waals surface area contributed by atoms with E-state index in [0.29, 0.717) is 5.92 Å². The number of benzene rings is 2. The summed E-state index contributed by atoms with van der Waals surface area (Å²) < 4.78 is 0. The van der Waals surface area contributed by atoms with E-state index in [0.717, 1.165) is 5.92 Å². The molecule has 0 spiro atoms. The molecule has 70 heavy (non-hydrogen) atoms. The molecule has 2 aromatic rings. The molecule has 1 atom stereocenters. The predicted octanol–water partition coefficient (Wildman–Crippen LogP) is 25.1. The fourth-order valence-electron chi connectivity index (χ4n) is 11.6.